The van der Waals surface area contributed by atoms with Gasteiger partial charge in [-0.2, -0.15) is 0 Å². The number of nitrogens with two attached hydrogens (primary N) is 1. The topological polar surface area (TPSA) is 73.9 Å². The van der Waals surface area contributed by atoms with Crippen LogP contribution in [0.1, 0.15) is 59.6 Å². The van der Waals surface area contributed by atoms with Crippen LogP contribution in [0.15, 0.2) is 6.20 Å². The van der Waals surface area contributed by atoms with Crippen LogP contribution in [0.25, 0.3) is 10.9 Å². The van der Waals surface area contributed by atoms with Gasteiger partial charge in [-0.05, 0) is 36.2 Å². The number of fused-ring (bicyclic) bond motifs is 1. The zero-order valence-corrected chi connectivity index (χ0v) is 19.7. The van der Waals surface area contributed by atoms with E-state index in [1.165, 1.54) is 6.20 Å². The Kier molecular flexibility index (Phi) is 6.73. The maximum absolute atomic E-state index is 15.5. The molecule has 8 heteroatoms. The number of nitrogen functional groups attached to an aromatic ring is 1. The summed E-state index contributed by atoms with van der Waals surface area (Å²) in [5.74, 6) is -0.455. The SMILES string of the molecule is CCCCC(C)(CO[Si](C)(C)C(C)(C)C)c1ncc2nc(Cl)nc(N)c2c1F. The first-order chi connectivity index (χ1) is 12.8. The number of rotatable bonds is 7. The fraction of sp³-hybridized carbons (Fsp3) is 0.650. The lowest BCUT2D eigenvalue weighted by molar-refractivity contribution is 0.190. The molecular weight excluding hydrogens is 395 g/mol. The summed E-state index contributed by atoms with van der Waals surface area (Å²) in [4.78, 5) is 12.4. The fourth-order valence-electron chi connectivity index (χ4n) is 2.89. The van der Waals surface area contributed by atoms with Gasteiger partial charge in [-0.25, -0.2) is 14.4 Å². The van der Waals surface area contributed by atoms with E-state index in [9.17, 15) is 0 Å². The Morgan fingerprint density at radius 2 is 1.86 bits per heavy atom. The van der Waals surface area contributed by atoms with Gasteiger partial charge in [0, 0.05) is 12.0 Å². The standard InChI is InChI=1S/C20H32ClFN4OSi/c1-8-9-10-20(5,12-27-28(6,7)19(2,3)4)16-15(22)14-13(11-24-16)25-18(21)26-17(14)23/h11H,8-10,12H2,1-7H3,(H2,23,25,26). The van der Waals surface area contributed by atoms with E-state index in [0.29, 0.717) is 17.8 Å². The maximum Gasteiger partial charge on any atom is 0.224 e. The van der Waals surface area contributed by atoms with Crippen molar-refractivity contribution < 1.29 is 8.82 Å². The highest BCUT2D eigenvalue weighted by atomic mass is 35.5. The molecule has 0 bridgehead atoms. The van der Waals surface area contributed by atoms with Crippen LogP contribution in [0.2, 0.25) is 23.4 Å². The van der Waals surface area contributed by atoms with Gasteiger partial charge in [-0.3, -0.25) is 4.98 Å². The second-order valence-electron chi connectivity index (χ2n) is 9.27. The predicted molar refractivity (Wildman–Crippen MR) is 117 cm³/mol. The number of anilines is 1. The van der Waals surface area contributed by atoms with E-state index < -0.39 is 19.5 Å². The first kappa shape index (κ1) is 23.0. The van der Waals surface area contributed by atoms with Gasteiger partial charge in [0.05, 0.1) is 22.8 Å². The van der Waals surface area contributed by atoms with Crippen LogP contribution in [0.5, 0.6) is 0 Å². The first-order valence-corrected chi connectivity index (χ1v) is 13.0. The fourth-order valence-corrected chi connectivity index (χ4v) is 4.18. The summed E-state index contributed by atoms with van der Waals surface area (Å²) in [7, 11) is -1.99. The van der Waals surface area contributed by atoms with Crippen molar-refractivity contribution in [1.29, 1.82) is 0 Å². The lowest BCUT2D eigenvalue weighted by Crippen LogP contribution is -2.45. The smallest absolute Gasteiger partial charge is 0.224 e. The molecule has 0 amide bonds. The average molecular weight is 427 g/mol. The van der Waals surface area contributed by atoms with Crippen molar-refractivity contribution >= 4 is 36.6 Å². The zero-order valence-electron chi connectivity index (χ0n) is 18.0. The van der Waals surface area contributed by atoms with Crippen molar-refractivity contribution in [1.82, 2.24) is 15.0 Å². The molecule has 1 atom stereocenters. The van der Waals surface area contributed by atoms with Crippen LogP contribution in [-0.4, -0.2) is 29.9 Å². The molecule has 156 valence electrons. The molecule has 2 heterocycles. The van der Waals surface area contributed by atoms with Gasteiger partial charge < -0.3 is 10.2 Å². The van der Waals surface area contributed by atoms with Crippen LogP contribution in [0.4, 0.5) is 10.2 Å². The van der Waals surface area contributed by atoms with Gasteiger partial charge in [0.25, 0.3) is 0 Å². The van der Waals surface area contributed by atoms with Crippen molar-refractivity contribution in [2.24, 2.45) is 0 Å². The molecule has 2 aromatic rings. The summed E-state index contributed by atoms with van der Waals surface area (Å²) in [5.41, 5.74) is 6.03. The molecule has 2 rings (SSSR count). The highest BCUT2D eigenvalue weighted by molar-refractivity contribution is 6.74. The summed E-state index contributed by atoms with van der Waals surface area (Å²) in [5, 5.41) is 0.224. The Bertz CT molecular complexity index is 856. The summed E-state index contributed by atoms with van der Waals surface area (Å²) in [6, 6.07) is 0. The van der Waals surface area contributed by atoms with Crippen LogP contribution >= 0.6 is 11.6 Å². The molecule has 2 N–H and O–H groups in total. The Morgan fingerprint density at radius 3 is 2.43 bits per heavy atom. The molecule has 1 unspecified atom stereocenters. The molecule has 28 heavy (non-hydrogen) atoms. The van der Waals surface area contributed by atoms with Crippen molar-refractivity contribution in [2.45, 2.75) is 77.4 Å². The third-order valence-corrected chi connectivity index (χ3v) is 10.5. The molecule has 0 aromatic carbocycles. The van der Waals surface area contributed by atoms with E-state index in [4.69, 9.17) is 21.8 Å². The van der Waals surface area contributed by atoms with E-state index in [1.807, 2.05) is 6.92 Å². The highest BCUT2D eigenvalue weighted by Crippen LogP contribution is 2.40. The molecule has 0 spiro atoms. The minimum atomic E-state index is -1.99. The number of aromatic nitrogens is 3. The molecule has 0 fully saturated rings. The third-order valence-electron chi connectivity index (χ3n) is 5.89. The number of halogens is 2. The largest absolute Gasteiger partial charge is 0.416 e. The second kappa shape index (κ2) is 8.20. The van der Waals surface area contributed by atoms with Crippen molar-refractivity contribution in [3.63, 3.8) is 0 Å². The zero-order chi connectivity index (χ0) is 21.3. The van der Waals surface area contributed by atoms with Gasteiger partial charge in [0.1, 0.15) is 5.82 Å². The van der Waals surface area contributed by atoms with Gasteiger partial charge in [0.2, 0.25) is 5.28 Å². The summed E-state index contributed by atoms with van der Waals surface area (Å²) in [6.07, 6.45) is 4.24. The van der Waals surface area contributed by atoms with Crippen molar-refractivity contribution in [3.05, 3.63) is 23.0 Å². The highest BCUT2D eigenvalue weighted by Gasteiger charge is 2.41. The molecule has 5 nitrogen and oxygen atoms in total. The first-order valence-electron chi connectivity index (χ1n) is 9.74. The lowest BCUT2D eigenvalue weighted by atomic mass is 9.81. The molecular formula is C20H32ClFN4OSi. The maximum atomic E-state index is 15.5. The van der Waals surface area contributed by atoms with Crippen LogP contribution < -0.4 is 5.73 Å². The van der Waals surface area contributed by atoms with Gasteiger partial charge in [0.15, 0.2) is 14.1 Å². The van der Waals surface area contributed by atoms with Crippen LogP contribution in [0.3, 0.4) is 0 Å². The lowest BCUT2D eigenvalue weighted by Gasteiger charge is -2.40. The van der Waals surface area contributed by atoms with Gasteiger partial charge in [-0.15, -0.1) is 0 Å². The summed E-state index contributed by atoms with van der Waals surface area (Å²) in [6.45, 7) is 15.5. The summed E-state index contributed by atoms with van der Waals surface area (Å²) < 4.78 is 22.0. The molecule has 0 saturated carbocycles. The van der Waals surface area contributed by atoms with E-state index in [1.54, 1.807) is 0 Å². The Labute approximate surface area is 173 Å². The number of pyridine rings is 1. The Morgan fingerprint density at radius 1 is 1.21 bits per heavy atom. The quantitative estimate of drug-likeness (QED) is 0.442. The van der Waals surface area contributed by atoms with Crippen LogP contribution in [0, 0.1) is 5.82 Å². The molecule has 0 aliphatic carbocycles. The minimum Gasteiger partial charge on any atom is -0.416 e. The summed E-state index contributed by atoms with van der Waals surface area (Å²) >= 11 is 5.85. The van der Waals surface area contributed by atoms with E-state index in [2.05, 4.69) is 55.7 Å². The van der Waals surface area contributed by atoms with Crippen molar-refractivity contribution in [3.8, 4) is 0 Å². The Balaban J connectivity index is 2.51. The number of hydrogen-bond acceptors (Lipinski definition) is 5. The third kappa shape index (κ3) is 4.63. The van der Waals surface area contributed by atoms with E-state index in [0.717, 1.165) is 19.3 Å². The monoisotopic (exact) mass is 426 g/mol. The van der Waals surface area contributed by atoms with Crippen LogP contribution in [-0.2, 0) is 9.84 Å². The Hall–Kier alpha value is -1.31. The normalized spacial score (nSPS) is 15.0. The number of nitrogens with zero attached hydrogens (tertiary/aromatic N) is 3. The second-order valence-corrected chi connectivity index (χ2v) is 14.4. The molecule has 2 aromatic heterocycles. The molecule has 0 radical (unpaired) electrons. The molecule has 0 aliphatic heterocycles. The number of unbranched alkanes of at least 4 members (excludes halogenated alkanes) is 1. The van der Waals surface area contributed by atoms with E-state index >= 15 is 4.39 Å². The van der Waals surface area contributed by atoms with Gasteiger partial charge in [-0.1, -0.05) is 47.5 Å². The average Bonchev–Trinajstić information content (AvgIpc) is 2.57. The minimum absolute atomic E-state index is 0.0195. The molecule has 0 saturated heterocycles. The predicted octanol–water partition coefficient (Wildman–Crippen LogP) is 5.87. The van der Waals surface area contributed by atoms with E-state index in [-0.39, 0.29) is 21.5 Å². The molecule has 0 aliphatic rings. The van der Waals surface area contributed by atoms with Gasteiger partial charge >= 0.3 is 0 Å². The van der Waals surface area contributed by atoms with Crippen molar-refractivity contribution in [2.75, 3.05) is 12.3 Å². The number of hydrogen-bond donors (Lipinski definition) is 1.